The Morgan fingerprint density at radius 3 is 1.88 bits per heavy atom. The van der Waals surface area contributed by atoms with Crippen LogP contribution in [0.1, 0.15) is 5.56 Å². The molecule has 0 aliphatic heterocycles. The number of benzene rings is 7. The summed E-state index contributed by atoms with van der Waals surface area (Å²) in [6, 6.07) is 56.8. The second-order valence-electron chi connectivity index (χ2n) is 13.1. The molecule has 0 fully saturated rings. The zero-order valence-corrected chi connectivity index (χ0v) is 28.2. The third-order valence-corrected chi connectivity index (χ3v) is 10.2. The summed E-state index contributed by atoms with van der Waals surface area (Å²) in [4.78, 5) is 10.3. The highest BCUT2D eigenvalue weighted by molar-refractivity contribution is 6.24. The van der Waals surface area contributed by atoms with Gasteiger partial charge in [-0.3, -0.25) is 14.4 Å². The Morgan fingerprint density at radius 1 is 0.538 bits per heavy atom. The van der Waals surface area contributed by atoms with Crippen molar-refractivity contribution in [3.05, 3.63) is 182 Å². The first-order valence-corrected chi connectivity index (χ1v) is 17.4. The number of nitrogens with zero attached hydrogens (tertiary/aromatic N) is 4. The second kappa shape index (κ2) is 11.8. The normalized spacial score (nSPS) is 12.1. The smallest absolute Gasteiger partial charge is 0.227 e. The number of nitrogens with one attached hydrogen (secondary N) is 1. The third-order valence-electron chi connectivity index (χ3n) is 10.2. The minimum Gasteiger partial charge on any atom is -0.292 e. The van der Waals surface area contributed by atoms with Crippen LogP contribution in [0, 0.1) is 5.41 Å². The molecule has 0 saturated carbocycles. The zero-order chi connectivity index (χ0) is 34.8. The van der Waals surface area contributed by atoms with Crippen LogP contribution in [0.25, 0.3) is 82.4 Å². The summed E-state index contributed by atoms with van der Waals surface area (Å²) >= 11 is 0. The van der Waals surface area contributed by atoms with E-state index in [1.54, 1.807) is 6.08 Å². The summed E-state index contributed by atoms with van der Waals surface area (Å²) in [6.45, 7) is 4.13. The van der Waals surface area contributed by atoms with E-state index in [0.29, 0.717) is 5.71 Å². The molecule has 1 N–H and O–H groups in total. The van der Waals surface area contributed by atoms with Crippen LogP contribution >= 0.6 is 0 Å². The Bertz CT molecular complexity index is 3090. The number of hydrogen-bond acceptors (Lipinski definition) is 2. The third kappa shape index (κ3) is 4.53. The van der Waals surface area contributed by atoms with Crippen LogP contribution in [0.15, 0.2) is 181 Å². The van der Waals surface area contributed by atoms with Crippen LogP contribution in [-0.2, 0) is 0 Å². The van der Waals surface area contributed by atoms with E-state index in [1.165, 1.54) is 21.9 Å². The van der Waals surface area contributed by atoms with E-state index in [0.717, 1.165) is 66.1 Å². The van der Waals surface area contributed by atoms with E-state index in [9.17, 15) is 5.41 Å². The molecule has 0 spiro atoms. The number of aromatic nitrogens is 3. The summed E-state index contributed by atoms with van der Waals surface area (Å²) in [7, 11) is 0. The fraction of sp³-hybridized carbons (Fsp3) is 0. The van der Waals surface area contributed by atoms with Crippen molar-refractivity contribution < 1.29 is 0 Å². The highest BCUT2D eigenvalue weighted by atomic mass is 15.2. The molecule has 52 heavy (non-hydrogen) atoms. The van der Waals surface area contributed by atoms with Crippen LogP contribution in [0.5, 0.6) is 0 Å². The monoisotopic (exact) mass is 665 g/mol. The van der Waals surface area contributed by atoms with Crippen LogP contribution in [0.4, 0.5) is 0 Å². The molecule has 0 bridgehead atoms. The molecule has 0 unspecified atom stereocenters. The Balaban J connectivity index is 1.14. The van der Waals surface area contributed by atoms with Crippen molar-refractivity contribution in [3.8, 4) is 22.3 Å². The Hall–Kier alpha value is -7.11. The molecule has 0 saturated heterocycles. The van der Waals surface area contributed by atoms with Crippen molar-refractivity contribution >= 4 is 71.8 Å². The van der Waals surface area contributed by atoms with Gasteiger partial charge in [-0.1, -0.05) is 140 Å². The highest BCUT2D eigenvalue weighted by Crippen LogP contribution is 2.38. The SMILES string of the molecule is C=C/C(=N\C(=N)n1c2ccccc2c2ccc3c(nc4c5ccccc5c5ccccc5n34)c21)c1cccc(-c2ccc(-c3ccccc3)cc2)c1. The van der Waals surface area contributed by atoms with Gasteiger partial charge in [-0.2, -0.15) is 0 Å². The average Bonchev–Trinajstić information content (AvgIpc) is 3.77. The lowest BCUT2D eigenvalue weighted by molar-refractivity contribution is 1.19. The average molecular weight is 666 g/mol. The minimum atomic E-state index is 0.0954. The molecule has 10 rings (SSSR count). The van der Waals surface area contributed by atoms with Crippen molar-refractivity contribution in [3.63, 3.8) is 0 Å². The van der Waals surface area contributed by atoms with Crippen molar-refractivity contribution in [2.75, 3.05) is 0 Å². The maximum absolute atomic E-state index is 9.58. The maximum atomic E-state index is 9.58. The molecule has 0 aliphatic rings. The molecule has 0 amide bonds. The predicted octanol–water partition coefficient (Wildman–Crippen LogP) is 11.7. The Morgan fingerprint density at radius 2 is 1.13 bits per heavy atom. The molecule has 0 radical (unpaired) electrons. The highest BCUT2D eigenvalue weighted by Gasteiger charge is 2.21. The molecule has 0 atom stereocenters. The number of aliphatic imine (C=N–C) groups is 1. The molecular formula is C47H31N5. The largest absolute Gasteiger partial charge is 0.292 e. The number of pyridine rings is 1. The molecule has 3 heterocycles. The van der Waals surface area contributed by atoms with Gasteiger partial charge in [0.15, 0.2) is 0 Å². The number of rotatable bonds is 4. The van der Waals surface area contributed by atoms with E-state index in [-0.39, 0.29) is 5.96 Å². The molecule has 0 aliphatic carbocycles. The molecule has 3 aromatic heterocycles. The van der Waals surface area contributed by atoms with E-state index in [4.69, 9.17) is 9.98 Å². The first kappa shape index (κ1) is 29.8. The number of para-hydroxylation sites is 2. The lowest BCUT2D eigenvalue weighted by atomic mass is 9.98. The molecule has 10 aromatic rings. The molecule has 7 aromatic carbocycles. The molecule has 5 nitrogen and oxygen atoms in total. The lowest BCUT2D eigenvalue weighted by Gasteiger charge is -2.10. The van der Waals surface area contributed by atoms with Gasteiger partial charge in [0.25, 0.3) is 0 Å². The Kier molecular flexibility index (Phi) is 6.73. The van der Waals surface area contributed by atoms with Gasteiger partial charge >= 0.3 is 0 Å². The quantitative estimate of drug-likeness (QED) is 0.114. The summed E-state index contributed by atoms with van der Waals surface area (Å²) in [5.74, 6) is 0.0954. The van der Waals surface area contributed by atoms with Gasteiger partial charge in [0.05, 0.1) is 27.8 Å². The first-order valence-electron chi connectivity index (χ1n) is 17.4. The fourth-order valence-electron chi connectivity index (χ4n) is 7.78. The van der Waals surface area contributed by atoms with Gasteiger partial charge < -0.3 is 0 Å². The zero-order valence-electron chi connectivity index (χ0n) is 28.2. The molecular weight excluding hydrogens is 635 g/mol. The summed E-state index contributed by atoms with van der Waals surface area (Å²) < 4.78 is 4.20. The van der Waals surface area contributed by atoms with Gasteiger partial charge in [-0.05, 0) is 64.0 Å². The van der Waals surface area contributed by atoms with E-state index >= 15 is 0 Å². The van der Waals surface area contributed by atoms with E-state index < -0.39 is 0 Å². The number of allylic oxidation sites excluding steroid dienone is 1. The van der Waals surface area contributed by atoms with Crippen LogP contribution in [-0.4, -0.2) is 25.6 Å². The van der Waals surface area contributed by atoms with Crippen molar-refractivity contribution in [1.82, 2.24) is 14.0 Å². The van der Waals surface area contributed by atoms with Gasteiger partial charge in [0, 0.05) is 27.1 Å². The predicted molar refractivity (Wildman–Crippen MR) is 218 cm³/mol. The number of imidazole rings is 1. The maximum Gasteiger partial charge on any atom is 0.227 e. The first-order chi connectivity index (χ1) is 25.7. The number of hydrogen-bond donors (Lipinski definition) is 1. The minimum absolute atomic E-state index is 0.0954. The van der Waals surface area contributed by atoms with Crippen LogP contribution < -0.4 is 0 Å². The van der Waals surface area contributed by atoms with Gasteiger partial charge in [0.2, 0.25) is 5.96 Å². The van der Waals surface area contributed by atoms with Gasteiger partial charge in [0.1, 0.15) is 11.2 Å². The van der Waals surface area contributed by atoms with Crippen molar-refractivity contribution in [2.45, 2.75) is 0 Å². The number of fused-ring (bicyclic) bond motifs is 12. The summed E-state index contributed by atoms with van der Waals surface area (Å²) in [5, 5.41) is 15.1. The van der Waals surface area contributed by atoms with Crippen molar-refractivity contribution in [2.24, 2.45) is 4.99 Å². The van der Waals surface area contributed by atoms with Crippen molar-refractivity contribution in [1.29, 1.82) is 5.41 Å². The van der Waals surface area contributed by atoms with E-state index in [2.05, 4.69) is 144 Å². The molecule has 244 valence electrons. The van der Waals surface area contributed by atoms with Crippen LogP contribution in [0.2, 0.25) is 0 Å². The lowest BCUT2D eigenvalue weighted by Crippen LogP contribution is -2.11. The van der Waals surface area contributed by atoms with Crippen LogP contribution in [0.3, 0.4) is 0 Å². The molecule has 5 heteroatoms. The van der Waals surface area contributed by atoms with Gasteiger partial charge in [-0.25, -0.2) is 9.98 Å². The standard InChI is InChI=1S/C47H31N5/c1-2-40(34-16-12-15-33(29-34)32-25-23-31(24-26-32)30-13-4-3-5-14-30)49-47(48)52-42-22-11-9-19-37(42)38-27-28-43-44(45(38)52)50-46-39-20-7-6-17-35(39)36-18-8-10-21-41(36)51(43)46/h2-29,48H,1H2/b48-47?,49-40+. The Labute approximate surface area is 299 Å². The summed E-state index contributed by atoms with van der Waals surface area (Å²) in [5.41, 5.74) is 11.6. The summed E-state index contributed by atoms with van der Waals surface area (Å²) in [6.07, 6.45) is 1.73. The van der Waals surface area contributed by atoms with Gasteiger partial charge in [-0.15, -0.1) is 0 Å². The second-order valence-corrected chi connectivity index (χ2v) is 13.1. The fourth-order valence-corrected chi connectivity index (χ4v) is 7.78. The topological polar surface area (TPSA) is 58.4 Å². The van der Waals surface area contributed by atoms with E-state index in [1.807, 2.05) is 34.9 Å².